The van der Waals surface area contributed by atoms with Gasteiger partial charge in [-0.3, -0.25) is 0 Å². The van der Waals surface area contributed by atoms with Crippen molar-refractivity contribution < 1.29 is 4.39 Å². The highest BCUT2D eigenvalue weighted by atomic mass is 79.9. The second-order valence-corrected chi connectivity index (χ2v) is 3.45. The van der Waals surface area contributed by atoms with Crippen LogP contribution in [0.1, 0.15) is 5.56 Å². The molecule has 1 aromatic carbocycles. The molecule has 0 fully saturated rings. The average molecular weight is 248 g/mol. The van der Waals surface area contributed by atoms with Gasteiger partial charge in [0.15, 0.2) is 0 Å². The molecule has 0 spiro atoms. The first-order valence-corrected chi connectivity index (χ1v) is 4.32. The van der Waals surface area contributed by atoms with Crippen molar-refractivity contribution in [1.29, 1.82) is 5.26 Å². The molecular weight excluding hydrogens is 244 g/mol. The molecule has 0 amide bonds. The predicted octanol–water partition coefficient (Wildman–Crippen LogP) is 3.31. The highest BCUT2D eigenvalue weighted by Gasteiger charge is 2.05. The fourth-order valence-electron chi connectivity index (χ4n) is 0.784. The maximum Gasteiger partial charge on any atom is 0.138 e. The van der Waals surface area contributed by atoms with Gasteiger partial charge in [0.05, 0.1) is 17.0 Å². The van der Waals surface area contributed by atoms with E-state index in [1.807, 2.05) is 6.07 Å². The average Bonchev–Trinajstić information content (AvgIpc) is 2.01. The maximum atomic E-state index is 12.8. The third kappa shape index (κ3) is 1.96. The molecule has 0 atom stereocenters. The molecule has 1 aromatic rings. The predicted molar refractivity (Wildman–Crippen MR) is 48.4 cm³/mol. The Labute approximate surface area is 82.9 Å². The van der Waals surface area contributed by atoms with Crippen molar-refractivity contribution in [3.05, 3.63) is 33.0 Å². The van der Waals surface area contributed by atoms with Gasteiger partial charge in [0.2, 0.25) is 0 Å². The van der Waals surface area contributed by atoms with Crippen molar-refractivity contribution in [1.82, 2.24) is 0 Å². The van der Waals surface area contributed by atoms with Crippen LogP contribution in [0.2, 0.25) is 5.02 Å². The third-order valence-electron chi connectivity index (χ3n) is 1.36. The van der Waals surface area contributed by atoms with E-state index in [4.69, 9.17) is 16.9 Å². The molecule has 0 unspecified atom stereocenters. The zero-order valence-corrected chi connectivity index (χ0v) is 8.28. The van der Waals surface area contributed by atoms with E-state index in [1.54, 1.807) is 0 Å². The van der Waals surface area contributed by atoms with Crippen LogP contribution >= 0.6 is 27.5 Å². The molecule has 0 bridgehead atoms. The van der Waals surface area contributed by atoms with Crippen molar-refractivity contribution in [2.75, 3.05) is 0 Å². The summed E-state index contributed by atoms with van der Waals surface area (Å²) < 4.78 is 13.1. The van der Waals surface area contributed by atoms with Crippen LogP contribution in [0.5, 0.6) is 0 Å². The van der Waals surface area contributed by atoms with E-state index in [9.17, 15) is 4.39 Å². The summed E-state index contributed by atoms with van der Waals surface area (Å²) in [7, 11) is 0. The Morgan fingerprint density at radius 2 is 2.25 bits per heavy atom. The minimum absolute atomic E-state index is 0.192. The summed E-state index contributed by atoms with van der Waals surface area (Å²) in [6, 6.07) is 4.65. The minimum Gasteiger partial charge on any atom is -0.206 e. The summed E-state index contributed by atoms with van der Waals surface area (Å²) in [4.78, 5) is 0. The highest BCUT2D eigenvalue weighted by Crippen LogP contribution is 2.24. The summed E-state index contributed by atoms with van der Waals surface area (Å²) >= 11 is 8.68. The molecule has 1 rings (SSSR count). The zero-order chi connectivity index (χ0) is 9.14. The lowest BCUT2D eigenvalue weighted by atomic mass is 10.2. The van der Waals surface area contributed by atoms with Gasteiger partial charge in [-0.25, -0.2) is 4.39 Å². The smallest absolute Gasteiger partial charge is 0.138 e. The number of benzene rings is 1. The van der Waals surface area contributed by atoms with Crippen LogP contribution in [0.4, 0.5) is 4.39 Å². The summed E-state index contributed by atoms with van der Waals surface area (Å²) in [5.74, 6) is -0.415. The Morgan fingerprint density at radius 1 is 1.58 bits per heavy atom. The number of halogens is 3. The molecule has 0 saturated carbocycles. The molecular formula is C8H4BrClFN. The fraction of sp³-hybridized carbons (Fsp3) is 0.125. The Morgan fingerprint density at radius 3 is 2.83 bits per heavy atom. The summed E-state index contributed by atoms with van der Waals surface area (Å²) in [6.45, 7) is 0. The van der Waals surface area contributed by atoms with E-state index in [0.29, 0.717) is 10.0 Å². The number of hydrogen-bond donors (Lipinski definition) is 0. The zero-order valence-electron chi connectivity index (χ0n) is 5.94. The van der Waals surface area contributed by atoms with Crippen LogP contribution in [0, 0.1) is 17.1 Å². The Bertz CT molecular complexity index is 346. The summed E-state index contributed by atoms with van der Waals surface area (Å²) in [5, 5.41) is 8.68. The molecule has 4 heteroatoms. The first-order chi connectivity index (χ1) is 5.65. The molecule has 0 N–H and O–H groups in total. The van der Waals surface area contributed by atoms with Gasteiger partial charge >= 0.3 is 0 Å². The van der Waals surface area contributed by atoms with Crippen molar-refractivity contribution in [3.63, 3.8) is 0 Å². The number of nitrogens with zero attached hydrogens (tertiary/aromatic N) is 1. The standard InChI is InChI=1S/C8H4BrClFN/c9-6-3-5(1-2-12)7(10)4-8(6)11/h3-4H,1H2. The lowest BCUT2D eigenvalue weighted by Crippen LogP contribution is -1.86. The first-order valence-electron chi connectivity index (χ1n) is 3.15. The van der Waals surface area contributed by atoms with Crippen molar-refractivity contribution in [2.24, 2.45) is 0 Å². The van der Waals surface area contributed by atoms with Crippen LogP contribution in [0.3, 0.4) is 0 Å². The minimum atomic E-state index is -0.415. The first kappa shape index (κ1) is 9.50. The topological polar surface area (TPSA) is 23.8 Å². The second-order valence-electron chi connectivity index (χ2n) is 2.19. The van der Waals surface area contributed by atoms with Gasteiger partial charge in [-0.1, -0.05) is 11.6 Å². The Balaban J connectivity index is 3.16. The maximum absolute atomic E-state index is 12.8. The SMILES string of the molecule is N#CCc1cc(Br)c(F)cc1Cl. The van der Waals surface area contributed by atoms with Gasteiger partial charge in [0, 0.05) is 5.02 Å². The molecule has 0 aromatic heterocycles. The largest absolute Gasteiger partial charge is 0.206 e. The third-order valence-corrected chi connectivity index (χ3v) is 2.32. The van der Waals surface area contributed by atoms with Gasteiger partial charge in [0.25, 0.3) is 0 Å². The normalized spacial score (nSPS) is 9.50. The fourth-order valence-corrected chi connectivity index (χ4v) is 1.39. The lowest BCUT2D eigenvalue weighted by molar-refractivity contribution is 0.620. The highest BCUT2D eigenvalue weighted by molar-refractivity contribution is 9.10. The van der Waals surface area contributed by atoms with Crippen LogP contribution in [-0.4, -0.2) is 0 Å². The molecule has 12 heavy (non-hydrogen) atoms. The van der Waals surface area contributed by atoms with Gasteiger partial charge in [-0.05, 0) is 33.6 Å². The van der Waals surface area contributed by atoms with Gasteiger partial charge < -0.3 is 0 Å². The Hall–Kier alpha value is -0.590. The number of hydrogen-bond acceptors (Lipinski definition) is 1. The second kappa shape index (κ2) is 3.88. The van der Waals surface area contributed by atoms with Crippen LogP contribution in [-0.2, 0) is 6.42 Å². The molecule has 0 heterocycles. The molecule has 62 valence electrons. The van der Waals surface area contributed by atoms with Gasteiger partial charge in [0.1, 0.15) is 5.82 Å². The molecule has 1 nitrogen and oxygen atoms in total. The van der Waals surface area contributed by atoms with E-state index in [1.165, 1.54) is 12.1 Å². The Kier molecular flexibility index (Phi) is 3.07. The lowest BCUT2D eigenvalue weighted by Gasteiger charge is -2.00. The molecule has 0 aliphatic rings. The van der Waals surface area contributed by atoms with E-state index < -0.39 is 5.82 Å². The van der Waals surface area contributed by atoms with Crippen LogP contribution in [0.25, 0.3) is 0 Å². The monoisotopic (exact) mass is 247 g/mol. The number of rotatable bonds is 1. The van der Waals surface area contributed by atoms with Crippen molar-refractivity contribution in [3.8, 4) is 6.07 Å². The van der Waals surface area contributed by atoms with Crippen LogP contribution in [0.15, 0.2) is 16.6 Å². The van der Waals surface area contributed by atoms with Crippen molar-refractivity contribution >= 4 is 27.5 Å². The molecule has 0 aliphatic heterocycles. The molecule has 0 aliphatic carbocycles. The van der Waals surface area contributed by atoms with Gasteiger partial charge in [-0.15, -0.1) is 0 Å². The van der Waals surface area contributed by atoms with Gasteiger partial charge in [-0.2, -0.15) is 5.26 Å². The van der Waals surface area contributed by atoms with Crippen molar-refractivity contribution in [2.45, 2.75) is 6.42 Å². The molecule has 0 radical (unpaired) electrons. The van der Waals surface area contributed by atoms with E-state index >= 15 is 0 Å². The van der Waals surface area contributed by atoms with E-state index in [-0.39, 0.29) is 11.4 Å². The quantitative estimate of drug-likeness (QED) is 0.700. The molecule has 0 saturated heterocycles. The van der Waals surface area contributed by atoms with Crippen LogP contribution < -0.4 is 0 Å². The summed E-state index contributed by atoms with van der Waals surface area (Å²) in [5.41, 5.74) is 0.632. The summed E-state index contributed by atoms with van der Waals surface area (Å²) in [6.07, 6.45) is 0.192. The number of nitriles is 1. The van der Waals surface area contributed by atoms with E-state index in [0.717, 1.165) is 0 Å². The van der Waals surface area contributed by atoms with E-state index in [2.05, 4.69) is 15.9 Å².